The van der Waals surface area contributed by atoms with Gasteiger partial charge < -0.3 is 16.0 Å². The largest absolute Gasteiger partial charge is 0.372 e. The van der Waals surface area contributed by atoms with E-state index in [1.54, 1.807) is 23.1 Å². The zero-order valence-corrected chi connectivity index (χ0v) is 22.8. The molecule has 2 aliphatic rings. The van der Waals surface area contributed by atoms with Gasteiger partial charge in [-0.1, -0.05) is 26.0 Å². The maximum atomic E-state index is 13.2. The van der Waals surface area contributed by atoms with E-state index < -0.39 is 5.91 Å². The van der Waals surface area contributed by atoms with E-state index in [0.29, 0.717) is 28.4 Å². The quantitative estimate of drug-likeness (QED) is 0.366. The van der Waals surface area contributed by atoms with Crippen molar-refractivity contribution in [3.63, 3.8) is 0 Å². The first-order valence-electron chi connectivity index (χ1n) is 12.8. The van der Waals surface area contributed by atoms with Gasteiger partial charge in [0, 0.05) is 61.1 Å². The summed E-state index contributed by atoms with van der Waals surface area (Å²) in [4.78, 5) is 37.8. The maximum absolute atomic E-state index is 13.2. The molecule has 0 saturated carbocycles. The zero-order valence-electron chi connectivity index (χ0n) is 22.0. The lowest BCUT2D eigenvalue weighted by atomic mass is 9.69. The van der Waals surface area contributed by atoms with Gasteiger partial charge >= 0.3 is 0 Å². The van der Waals surface area contributed by atoms with Gasteiger partial charge in [0.25, 0.3) is 11.8 Å². The summed E-state index contributed by atoms with van der Waals surface area (Å²) >= 11 is 1.42. The maximum Gasteiger partial charge on any atom is 0.253 e. The number of primary amides is 1. The lowest BCUT2D eigenvalue weighted by Crippen LogP contribution is -2.52. The van der Waals surface area contributed by atoms with Gasteiger partial charge in [0.2, 0.25) is 0 Å². The van der Waals surface area contributed by atoms with E-state index in [0.717, 1.165) is 40.5 Å². The van der Waals surface area contributed by atoms with E-state index in [1.165, 1.54) is 23.2 Å². The molecule has 1 unspecified atom stereocenters. The van der Waals surface area contributed by atoms with Gasteiger partial charge in [-0.25, -0.2) is 4.52 Å². The Balaban J connectivity index is 1.27. The van der Waals surface area contributed by atoms with Crippen molar-refractivity contribution < 1.29 is 9.59 Å². The summed E-state index contributed by atoms with van der Waals surface area (Å²) in [6.07, 6.45) is 13.1. The third kappa shape index (κ3) is 4.30. The summed E-state index contributed by atoms with van der Waals surface area (Å²) in [6, 6.07) is 5.64. The van der Waals surface area contributed by atoms with Crippen molar-refractivity contribution in [3.05, 3.63) is 83.7 Å². The van der Waals surface area contributed by atoms with Crippen molar-refractivity contribution in [2.24, 2.45) is 17.1 Å². The van der Waals surface area contributed by atoms with Crippen LogP contribution in [0.15, 0.2) is 66.9 Å². The van der Waals surface area contributed by atoms with Crippen LogP contribution in [0.2, 0.25) is 0 Å². The molecular weight excluding hydrogens is 510 g/mol. The Labute approximate surface area is 230 Å². The smallest absolute Gasteiger partial charge is 0.253 e. The van der Waals surface area contributed by atoms with Crippen LogP contribution in [0.4, 0.5) is 0 Å². The molecule has 0 radical (unpaired) electrons. The second-order valence-corrected chi connectivity index (χ2v) is 11.5. The summed E-state index contributed by atoms with van der Waals surface area (Å²) in [6.45, 7) is 8.71. The predicted octanol–water partition coefficient (Wildman–Crippen LogP) is 4.07. The number of allylic oxidation sites excluding steroid dienone is 3. The molecule has 198 valence electrons. The molecule has 6 rings (SSSR count). The molecule has 1 fully saturated rings. The number of likely N-dealkylation sites (tertiary alicyclic amines) is 1. The van der Waals surface area contributed by atoms with Crippen molar-refractivity contribution >= 4 is 28.0 Å². The fraction of sp³-hybridized carbons (Fsp3) is 0.276. The number of carbonyl (C=O) groups is 2. The highest BCUT2D eigenvalue weighted by Gasteiger charge is 2.42. The molecule has 4 aromatic rings. The first-order chi connectivity index (χ1) is 18.7. The number of aromatic nitrogens is 4. The van der Waals surface area contributed by atoms with Crippen LogP contribution in [0.25, 0.3) is 26.5 Å². The van der Waals surface area contributed by atoms with Gasteiger partial charge in [-0.05, 0) is 42.2 Å². The molecule has 0 aromatic carbocycles. The number of nitrogens with two attached hydrogens (primary N) is 1. The number of carbonyl (C=O) groups excluding carboxylic acids is 2. The van der Waals surface area contributed by atoms with Crippen LogP contribution in [-0.2, 0) is 0 Å². The monoisotopic (exact) mass is 539 g/mol. The summed E-state index contributed by atoms with van der Waals surface area (Å²) in [5.74, 6) is -0.190. The van der Waals surface area contributed by atoms with E-state index in [-0.39, 0.29) is 11.3 Å². The molecule has 2 amide bonds. The van der Waals surface area contributed by atoms with E-state index >= 15 is 0 Å². The van der Waals surface area contributed by atoms with Crippen molar-refractivity contribution in [2.75, 3.05) is 19.6 Å². The number of nitrogens with zero attached hydrogens (tertiary/aromatic N) is 5. The minimum Gasteiger partial charge on any atom is -0.372 e. The van der Waals surface area contributed by atoms with Crippen LogP contribution >= 0.6 is 11.3 Å². The molecule has 39 heavy (non-hydrogen) atoms. The Morgan fingerprint density at radius 1 is 1.23 bits per heavy atom. The Bertz CT molecular complexity index is 1670. The number of thiazole rings is 1. The van der Waals surface area contributed by atoms with Crippen LogP contribution in [0.1, 0.15) is 40.3 Å². The van der Waals surface area contributed by atoms with Crippen LogP contribution in [0.3, 0.4) is 0 Å². The summed E-state index contributed by atoms with van der Waals surface area (Å²) < 4.78 is 1.71. The molecule has 3 N–H and O–H groups in total. The summed E-state index contributed by atoms with van der Waals surface area (Å²) in [7, 11) is 0. The van der Waals surface area contributed by atoms with E-state index in [1.807, 2.05) is 25.1 Å². The lowest BCUT2D eigenvalue weighted by molar-refractivity contribution is 0.0893. The number of pyridine rings is 2. The average molecular weight is 540 g/mol. The van der Waals surface area contributed by atoms with Crippen molar-refractivity contribution in [3.8, 4) is 21.7 Å². The van der Waals surface area contributed by atoms with Crippen molar-refractivity contribution in [2.45, 2.75) is 20.8 Å². The van der Waals surface area contributed by atoms with Gasteiger partial charge in [-0.3, -0.25) is 19.6 Å². The molecule has 1 aliphatic heterocycles. The van der Waals surface area contributed by atoms with E-state index in [4.69, 9.17) is 5.73 Å². The Hall–Kier alpha value is -4.31. The molecule has 0 spiro atoms. The summed E-state index contributed by atoms with van der Waals surface area (Å²) in [5, 5.41) is 7.53. The standard InChI is InChI=1S/C29H29N7O2S/c1-17-20(24-25(18-6-9-31-10-7-18)39-28-21(26(30)37)15-34-36(24)28)13-19(14-33-17)27(38)32-11-12-35-16-22-23(35)5-4-8-29(22,2)3/h4-10,13-15,22H,11-12,16H2,1-3H3,(H2,30,37)(H,32,38). The average Bonchev–Trinajstić information content (AvgIpc) is 3.48. The molecule has 0 bridgehead atoms. The number of rotatable bonds is 7. The molecule has 10 heteroatoms. The molecule has 9 nitrogen and oxygen atoms in total. The number of hydrogen-bond donors (Lipinski definition) is 2. The van der Waals surface area contributed by atoms with Gasteiger partial charge in [0.1, 0.15) is 4.83 Å². The van der Waals surface area contributed by atoms with Crippen LogP contribution in [-0.4, -0.2) is 55.9 Å². The molecule has 1 aliphatic carbocycles. The molecule has 1 atom stereocenters. The number of aryl methyl sites for hydroxylation is 1. The zero-order chi connectivity index (χ0) is 27.3. The molecule has 1 saturated heterocycles. The van der Waals surface area contributed by atoms with Crippen molar-refractivity contribution in [1.82, 2.24) is 29.8 Å². The SMILES string of the molecule is Cc1ncc(C(=O)NCCN2CC3C2=CC=CC3(C)C)cc1-c1c(-c2ccncc2)sc2c(C(N)=O)cnn12. The van der Waals surface area contributed by atoms with Gasteiger partial charge in [0.15, 0.2) is 0 Å². The van der Waals surface area contributed by atoms with Crippen LogP contribution in [0, 0.1) is 18.3 Å². The topological polar surface area (TPSA) is 119 Å². The minimum atomic E-state index is -0.542. The second kappa shape index (κ2) is 9.46. The van der Waals surface area contributed by atoms with Gasteiger partial charge in [-0.2, -0.15) is 5.10 Å². The van der Waals surface area contributed by atoms with Crippen molar-refractivity contribution in [1.29, 1.82) is 0 Å². The minimum absolute atomic E-state index is 0.169. The van der Waals surface area contributed by atoms with Gasteiger partial charge in [-0.15, -0.1) is 11.3 Å². The first-order valence-corrected chi connectivity index (χ1v) is 13.7. The number of nitrogens with one attached hydrogen (secondary N) is 1. The first kappa shape index (κ1) is 25.0. The lowest BCUT2D eigenvalue weighted by Gasteiger charge is -2.51. The van der Waals surface area contributed by atoms with E-state index in [2.05, 4.69) is 57.4 Å². The number of amides is 2. The molecule has 5 heterocycles. The Kier molecular flexibility index (Phi) is 6.06. The van der Waals surface area contributed by atoms with Gasteiger partial charge in [0.05, 0.1) is 27.9 Å². The highest BCUT2D eigenvalue weighted by Crippen LogP contribution is 2.45. The highest BCUT2D eigenvalue weighted by atomic mass is 32.1. The third-order valence-corrected chi connectivity index (χ3v) is 8.87. The number of fused-ring (bicyclic) bond motifs is 2. The molecule has 4 aromatic heterocycles. The number of hydrogen-bond acceptors (Lipinski definition) is 7. The fourth-order valence-corrected chi connectivity index (χ4v) is 6.57. The van der Waals surface area contributed by atoms with Crippen LogP contribution in [0.5, 0.6) is 0 Å². The Morgan fingerprint density at radius 3 is 2.79 bits per heavy atom. The summed E-state index contributed by atoms with van der Waals surface area (Å²) in [5.41, 5.74) is 11.1. The Morgan fingerprint density at radius 2 is 2.03 bits per heavy atom. The van der Waals surface area contributed by atoms with E-state index in [9.17, 15) is 9.59 Å². The predicted molar refractivity (Wildman–Crippen MR) is 151 cm³/mol. The highest BCUT2D eigenvalue weighted by molar-refractivity contribution is 7.21. The van der Waals surface area contributed by atoms with Crippen LogP contribution < -0.4 is 11.1 Å². The molecular formula is C29H29N7O2S. The fourth-order valence-electron chi connectivity index (χ4n) is 5.34. The second-order valence-electron chi connectivity index (χ2n) is 10.5. The normalized spacial score (nSPS) is 17.5. The third-order valence-electron chi connectivity index (χ3n) is 7.65.